The lowest BCUT2D eigenvalue weighted by molar-refractivity contribution is 0.256. The van der Waals surface area contributed by atoms with Crippen LogP contribution in [-0.2, 0) is 6.42 Å². The molecule has 0 spiro atoms. The van der Waals surface area contributed by atoms with Crippen molar-refractivity contribution in [3.05, 3.63) is 35.4 Å². The van der Waals surface area contributed by atoms with Crippen LogP contribution in [0.25, 0.3) is 0 Å². The third-order valence-electron chi connectivity index (χ3n) is 4.44. The first kappa shape index (κ1) is 13.6. The molecule has 100 valence electrons. The molecule has 1 aromatic carbocycles. The molecule has 0 amide bonds. The van der Waals surface area contributed by atoms with E-state index in [-0.39, 0.29) is 6.04 Å². The maximum atomic E-state index is 6.48. The van der Waals surface area contributed by atoms with Crippen molar-refractivity contribution in [3.63, 3.8) is 0 Å². The summed E-state index contributed by atoms with van der Waals surface area (Å²) in [4.78, 5) is 0. The Morgan fingerprint density at radius 3 is 2.61 bits per heavy atom. The largest absolute Gasteiger partial charge is 0.324 e. The number of hydrogen-bond donors (Lipinski definition) is 1. The standard InChI is InChI=1S/C17H27N/c1-3-5-14-6-4-7-16(12-14)17(18)15-10-8-13(2)9-11-15/h4,6-7,12-13,15,17H,3,5,8-11,18H2,1-2H3. The van der Waals surface area contributed by atoms with E-state index in [2.05, 4.69) is 38.1 Å². The third kappa shape index (κ3) is 3.35. The first-order valence-electron chi connectivity index (χ1n) is 7.55. The van der Waals surface area contributed by atoms with Gasteiger partial charge in [-0.15, -0.1) is 0 Å². The van der Waals surface area contributed by atoms with Crippen LogP contribution in [0, 0.1) is 11.8 Å². The van der Waals surface area contributed by atoms with Gasteiger partial charge >= 0.3 is 0 Å². The molecule has 0 radical (unpaired) electrons. The molecule has 1 aliphatic rings. The quantitative estimate of drug-likeness (QED) is 0.832. The van der Waals surface area contributed by atoms with Crippen molar-refractivity contribution < 1.29 is 0 Å². The fourth-order valence-electron chi connectivity index (χ4n) is 3.16. The van der Waals surface area contributed by atoms with Gasteiger partial charge in [-0.3, -0.25) is 0 Å². The van der Waals surface area contributed by atoms with Crippen LogP contribution < -0.4 is 5.73 Å². The van der Waals surface area contributed by atoms with Gasteiger partial charge in [-0.1, -0.05) is 57.4 Å². The SMILES string of the molecule is CCCc1cccc(C(N)C2CCC(C)CC2)c1. The van der Waals surface area contributed by atoms with E-state index in [0.717, 1.165) is 5.92 Å². The lowest BCUT2D eigenvalue weighted by atomic mass is 9.77. The molecule has 0 saturated heterocycles. The van der Waals surface area contributed by atoms with E-state index in [1.807, 2.05) is 0 Å². The Morgan fingerprint density at radius 2 is 1.94 bits per heavy atom. The summed E-state index contributed by atoms with van der Waals surface area (Å²) in [7, 11) is 0. The normalized spacial score (nSPS) is 25.9. The monoisotopic (exact) mass is 245 g/mol. The van der Waals surface area contributed by atoms with E-state index in [1.54, 1.807) is 0 Å². The van der Waals surface area contributed by atoms with Gasteiger partial charge in [0.2, 0.25) is 0 Å². The Kier molecular flexibility index (Phi) is 4.82. The van der Waals surface area contributed by atoms with E-state index in [4.69, 9.17) is 5.73 Å². The molecule has 0 bridgehead atoms. The summed E-state index contributed by atoms with van der Waals surface area (Å²) in [6, 6.07) is 9.18. The summed E-state index contributed by atoms with van der Waals surface area (Å²) >= 11 is 0. The van der Waals surface area contributed by atoms with E-state index in [1.165, 1.54) is 49.7 Å². The molecule has 1 saturated carbocycles. The van der Waals surface area contributed by atoms with Crippen molar-refractivity contribution in [1.29, 1.82) is 0 Å². The van der Waals surface area contributed by atoms with Crippen molar-refractivity contribution in [3.8, 4) is 0 Å². The molecule has 0 aromatic heterocycles. The van der Waals surface area contributed by atoms with Gasteiger partial charge in [0.05, 0.1) is 0 Å². The van der Waals surface area contributed by atoms with Gasteiger partial charge in [-0.05, 0) is 42.2 Å². The summed E-state index contributed by atoms with van der Waals surface area (Å²) in [5, 5.41) is 0. The van der Waals surface area contributed by atoms with Crippen LogP contribution in [0.3, 0.4) is 0 Å². The maximum Gasteiger partial charge on any atom is 0.0323 e. The Bertz CT molecular complexity index is 364. The highest BCUT2D eigenvalue weighted by Crippen LogP contribution is 2.35. The molecule has 1 unspecified atom stereocenters. The number of hydrogen-bond acceptors (Lipinski definition) is 1. The molecule has 2 N–H and O–H groups in total. The van der Waals surface area contributed by atoms with Crippen LogP contribution in [0.15, 0.2) is 24.3 Å². The fourth-order valence-corrected chi connectivity index (χ4v) is 3.16. The predicted octanol–water partition coefficient (Wildman–Crippen LogP) is 4.47. The van der Waals surface area contributed by atoms with Crippen LogP contribution in [0.2, 0.25) is 0 Å². The number of rotatable bonds is 4. The van der Waals surface area contributed by atoms with Gasteiger partial charge in [0.15, 0.2) is 0 Å². The number of nitrogens with two attached hydrogens (primary N) is 1. The molecule has 2 rings (SSSR count). The topological polar surface area (TPSA) is 26.0 Å². The zero-order valence-corrected chi connectivity index (χ0v) is 11.9. The highest BCUT2D eigenvalue weighted by Gasteiger charge is 2.24. The highest BCUT2D eigenvalue weighted by atomic mass is 14.7. The Labute approximate surface area is 112 Å². The maximum absolute atomic E-state index is 6.48. The molecule has 18 heavy (non-hydrogen) atoms. The zero-order valence-electron chi connectivity index (χ0n) is 11.9. The molecule has 1 aromatic rings. The zero-order chi connectivity index (χ0) is 13.0. The minimum atomic E-state index is 0.245. The third-order valence-corrected chi connectivity index (χ3v) is 4.44. The summed E-state index contributed by atoms with van der Waals surface area (Å²) in [5.74, 6) is 1.60. The Hall–Kier alpha value is -0.820. The molecule has 1 nitrogen and oxygen atoms in total. The van der Waals surface area contributed by atoms with Crippen molar-refractivity contribution in [2.45, 2.75) is 58.4 Å². The molecular weight excluding hydrogens is 218 g/mol. The van der Waals surface area contributed by atoms with Gasteiger partial charge in [-0.2, -0.15) is 0 Å². The molecule has 1 aliphatic carbocycles. The smallest absolute Gasteiger partial charge is 0.0323 e. The Morgan fingerprint density at radius 1 is 1.22 bits per heavy atom. The minimum absolute atomic E-state index is 0.245. The highest BCUT2D eigenvalue weighted by molar-refractivity contribution is 5.26. The van der Waals surface area contributed by atoms with Crippen molar-refractivity contribution in [2.75, 3.05) is 0 Å². The van der Waals surface area contributed by atoms with E-state index in [9.17, 15) is 0 Å². The lowest BCUT2D eigenvalue weighted by Crippen LogP contribution is -2.25. The lowest BCUT2D eigenvalue weighted by Gasteiger charge is -2.31. The average molecular weight is 245 g/mol. The predicted molar refractivity (Wildman–Crippen MR) is 78.5 cm³/mol. The molecule has 1 atom stereocenters. The van der Waals surface area contributed by atoms with Crippen LogP contribution in [-0.4, -0.2) is 0 Å². The fraction of sp³-hybridized carbons (Fsp3) is 0.647. The first-order valence-corrected chi connectivity index (χ1v) is 7.55. The molecule has 0 heterocycles. The summed E-state index contributed by atoms with van der Waals surface area (Å²) in [6.07, 6.45) is 7.70. The second-order valence-corrected chi connectivity index (χ2v) is 6.04. The summed E-state index contributed by atoms with van der Waals surface area (Å²) in [6.45, 7) is 4.60. The van der Waals surface area contributed by atoms with Crippen LogP contribution in [0.4, 0.5) is 0 Å². The van der Waals surface area contributed by atoms with Gasteiger partial charge in [0.25, 0.3) is 0 Å². The van der Waals surface area contributed by atoms with Crippen LogP contribution in [0.5, 0.6) is 0 Å². The van der Waals surface area contributed by atoms with Gasteiger partial charge < -0.3 is 5.73 Å². The van der Waals surface area contributed by atoms with Crippen LogP contribution >= 0.6 is 0 Å². The summed E-state index contributed by atoms with van der Waals surface area (Å²) in [5.41, 5.74) is 9.27. The molecule has 1 heteroatoms. The second-order valence-electron chi connectivity index (χ2n) is 6.04. The molecule has 0 aliphatic heterocycles. The number of aryl methyl sites for hydroxylation is 1. The van der Waals surface area contributed by atoms with E-state index < -0.39 is 0 Å². The van der Waals surface area contributed by atoms with Gasteiger partial charge in [0.1, 0.15) is 0 Å². The molecule has 1 fully saturated rings. The molecular formula is C17H27N. The van der Waals surface area contributed by atoms with Crippen molar-refractivity contribution in [1.82, 2.24) is 0 Å². The van der Waals surface area contributed by atoms with Crippen LogP contribution in [0.1, 0.15) is 63.1 Å². The Balaban J connectivity index is 2.03. The average Bonchev–Trinajstić information content (AvgIpc) is 2.39. The number of benzene rings is 1. The van der Waals surface area contributed by atoms with Gasteiger partial charge in [0, 0.05) is 6.04 Å². The first-order chi connectivity index (χ1) is 8.70. The van der Waals surface area contributed by atoms with E-state index in [0.29, 0.717) is 5.92 Å². The van der Waals surface area contributed by atoms with E-state index >= 15 is 0 Å². The second kappa shape index (κ2) is 6.38. The van der Waals surface area contributed by atoms with Crippen molar-refractivity contribution in [2.24, 2.45) is 17.6 Å². The summed E-state index contributed by atoms with van der Waals surface area (Å²) < 4.78 is 0. The van der Waals surface area contributed by atoms with Crippen molar-refractivity contribution >= 4 is 0 Å². The van der Waals surface area contributed by atoms with Gasteiger partial charge in [-0.25, -0.2) is 0 Å². The minimum Gasteiger partial charge on any atom is -0.324 e.